The van der Waals surface area contributed by atoms with Crippen LogP contribution in [0.4, 0.5) is 0 Å². The first-order chi connectivity index (χ1) is 12.5. The molecular weight excluding hydrogens is 352 g/mol. The number of hydrogen-bond acceptors (Lipinski definition) is 5. The first-order valence-corrected chi connectivity index (χ1v) is 9.35. The highest BCUT2D eigenvalue weighted by atomic mass is 32.2. The standard InChI is InChI=1S/C20H14O5S/c1-24-17-12-11-16-18(19(21)14-9-5-6-10-15(14)25-16)20(17)26(22,23)13-7-3-2-4-8-13/h2-12H,1H3. The molecule has 0 saturated carbocycles. The van der Waals surface area contributed by atoms with E-state index in [1.165, 1.54) is 25.3 Å². The molecule has 6 heteroatoms. The average Bonchev–Trinajstić information content (AvgIpc) is 2.68. The second kappa shape index (κ2) is 6.00. The van der Waals surface area contributed by atoms with Crippen LogP contribution >= 0.6 is 0 Å². The van der Waals surface area contributed by atoms with Crippen LogP contribution in [0.1, 0.15) is 0 Å². The Kier molecular flexibility index (Phi) is 3.77. The van der Waals surface area contributed by atoms with Crippen molar-refractivity contribution in [2.45, 2.75) is 9.79 Å². The van der Waals surface area contributed by atoms with E-state index in [1.54, 1.807) is 48.5 Å². The number of fused-ring (bicyclic) bond motifs is 2. The second-order valence-corrected chi connectivity index (χ2v) is 7.60. The number of ether oxygens (including phenoxy) is 1. The predicted octanol–water partition coefficient (Wildman–Crippen LogP) is 3.79. The minimum atomic E-state index is -3.98. The maximum absolute atomic E-state index is 13.3. The fourth-order valence-corrected chi connectivity index (χ4v) is 4.62. The highest BCUT2D eigenvalue weighted by Gasteiger charge is 2.28. The van der Waals surface area contributed by atoms with E-state index in [2.05, 4.69) is 0 Å². The first-order valence-electron chi connectivity index (χ1n) is 7.87. The molecule has 0 bridgehead atoms. The van der Waals surface area contributed by atoms with Crippen molar-refractivity contribution in [3.05, 3.63) is 77.0 Å². The van der Waals surface area contributed by atoms with E-state index < -0.39 is 15.3 Å². The van der Waals surface area contributed by atoms with E-state index in [1.807, 2.05) is 0 Å². The molecule has 0 aliphatic carbocycles. The highest BCUT2D eigenvalue weighted by molar-refractivity contribution is 7.91. The molecule has 0 N–H and O–H groups in total. The number of hydrogen-bond donors (Lipinski definition) is 0. The van der Waals surface area contributed by atoms with Gasteiger partial charge in [-0.05, 0) is 36.4 Å². The van der Waals surface area contributed by atoms with Gasteiger partial charge in [-0.3, -0.25) is 4.79 Å². The summed E-state index contributed by atoms with van der Waals surface area (Å²) in [5.74, 6) is 0.101. The Morgan fingerprint density at radius 2 is 1.54 bits per heavy atom. The van der Waals surface area contributed by atoms with Crippen LogP contribution in [-0.2, 0) is 9.84 Å². The summed E-state index contributed by atoms with van der Waals surface area (Å²) in [7, 11) is -2.62. The van der Waals surface area contributed by atoms with Gasteiger partial charge in [-0.1, -0.05) is 30.3 Å². The van der Waals surface area contributed by atoms with E-state index in [4.69, 9.17) is 9.15 Å². The van der Waals surface area contributed by atoms with Gasteiger partial charge in [0.05, 0.1) is 22.8 Å². The Bertz CT molecular complexity index is 1290. The molecular formula is C20H14O5S. The molecule has 26 heavy (non-hydrogen) atoms. The Morgan fingerprint density at radius 1 is 0.846 bits per heavy atom. The minimum absolute atomic E-state index is 0.00750. The molecule has 0 radical (unpaired) electrons. The van der Waals surface area contributed by atoms with Crippen molar-refractivity contribution in [1.29, 1.82) is 0 Å². The van der Waals surface area contributed by atoms with Crippen molar-refractivity contribution in [2.75, 3.05) is 7.11 Å². The molecule has 5 nitrogen and oxygen atoms in total. The third kappa shape index (κ3) is 2.38. The topological polar surface area (TPSA) is 73.6 Å². The fourth-order valence-electron chi connectivity index (χ4n) is 2.99. The van der Waals surface area contributed by atoms with Crippen LogP contribution in [-0.4, -0.2) is 15.5 Å². The van der Waals surface area contributed by atoms with E-state index >= 15 is 0 Å². The zero-order valence-electron chi connectivity index (χ0n) is 13.8. The average molecular weight is 366 g/mol. The van der Waals surface area contributed by atoms with Gasteiger partial charge in [-0.15, -0.1) is 0 Å². The lowest BCUT2D eigenvalue weighted by Crippen LogP contribution is -2.11. The molecule has 0 amide bonds. The van der Waals surface area contributed by atoms with Crippen LogP contribution in [0, 0.1) is 0 Å². The smallest absolute Gasteiger partial charge is 0.211 e. The molecule has 0 unspecified atom stereocenters. The molecule has 3 aromatic carbocycles. The summed E-state index contributed by atoms with van der Waals surface area (Å²) in [5.41, 5.74) is 0.192. The molecule has 0 aliphatic rings. The van der Waals surface area contributed by atoms with Crippen LogP contribution in [0.15, 0.2) is 85.7 Å². The zero-order valence-corrected chi connectivity index (χ0v) is 14.6. The quantitative estimate of drug-likeness (QED) is 0.516. The zero-order chi connectivity index (χ0) is 18.3. The molecule has 1 heterocycles. The third-order valence-electron chi connectivity index (χ3n) is 4.20. The summed E-state index contributed by atoms with van der Waals surface area (Å²) in [6.45, 7) is 0. The van der Waals surface area contributed by atoms with Gasteiger partial charge < -0.3 is 9.15 Å². The van der Waals surface area contributed by atoms with E-state index in [9.17, 15) is 13.2 Å². The van der Waals surface area contributed by atoms with E-state index in [-0.39, 0.29) is 26.5 Å². The molecule has 0 saturated heterocycles. The van der Waals surface area contributed by atoms with Gasteiger partial charge in [0.2, 0.25) is 15.3 Å². The van der Waals surface area contributed by atoms with Gasteiger partial charge in [0.15, 0.2) is 0 Å². The van der Waals surface area contributed by atoms with Crippen LogP contribution in [0.5, 0.6) is 5.75 Å². The van der Waals surface area contributed by atoms with Gasteiger partial charge in [0.1, 0.15) is 21.8 Å². The van der Waals surface area contributed by atoms with Gasteiger partial charge in [-0.2, -0.15) is 0 Å². The van der Waals surface area contributed by atoms with Gasteiger partial charge in [0, 0.05) is 0 Å². The van der Waals surface area contributed by atoms with Crippen LogP contribution in [0.25, 0.3) is 21.9 Å². The summed E-state index contributed by atoms with van der Waals surface area (Å²) in [6, 6.07) is 17.7. The van der Waals surface area contributed by atoms with E-state index in [0.29, 0.717) is 11.0 Å². The van der Waals surface area contributed by atoms with Crippen molar-refractivity contribution in [1.82, 2.24) is 0 Å². The Balaban J connectivity index is 2.21. The Hall–Kier alpha value is -3.12. The summed E-state index contributed by atoms with van der Waals surface area (Å²) in [6.07, 6.45) is 0. The van der Waals surface area contributed by atoms with Crippen molar-refractivity contribution in [3.8, 4) is 5.75 Å². The maximum Gasteiger partial charge on any atom is 0.211 e. The first kappa shape index (κ1) is 16.4. The molecule has 130 valence electrons. The van der Waals surface area contributed by atoms with Crippen molar-refractivity contribution in [3.63, 3.8) is 0 Å². The summed E-state index contributed by atoms with van der Waals surface area (Å²) in [4.78, 5) is 13.0. The van der Waals surface area contributed by atoms with Crippen LogP contribution in [0.3, 0.4) is 0 Å². The van der Waals surface area contributed by atoms with Crippen molar-refractivity contribution >= 4 is 31.8 Å². The molecule has 0 aliphatic heterocycles. The third-order valence-corrected chi connectivity index (χ3v) is 6.04. The van der Waals surface area contributed by atoms with Crippen molar-refractivity contribution < 1.29 is 17.6 Å². The number of sulfone groups is 1. The fraction of sp³-hybridized carbons (Fsp3) is 0.0500. The molecule has 4 rings (SSSR count). The highest BCUT2D eigenvalue weighted by Crippen LogP contribution is 2.35. The lowest BCUT2D eigenvalue weighted by Gasteiger charge is -2.12. The lowest BCUT2D eigenvalue weighted by molar-refractivity contribution is 0.403. The van der Waals surface area contributed by atoms with E-state index in [0.717, 1.165) is 0 Å². The van der Waals surface area contributed by atoms with Gasteiger partial charge >= 0.3 is 0 Å². The number of benzene rings is 3. The largest absolute Gasteiger partial charge is 0.495 e. The molecule has 0 fully saturated rings. The number of para-hydroxylation sites is 1. The number of methoxy groups -OCH3 is 1. The van der Waals surface area contributed by atoms with Gasteiger partial charge in [-0.25, -0.2) is 8.42 Å². The Labute approximate surface area is 149 Å². The Morgan fingerprint density at radius 3 is 2.27 bits per heavy atom. The van der Waals surface area contributed by atoms with Gasteiger partial charge in [0.25, 0.3) is 0 Å². The predicted molar refractivity (Wildman–Crippen MR) is 98.4 cm³/mol. The molecule has 0 atom stereocenters. The SMILES string of the molecule is COc1ccc2oc3ccccc3c(=O)c2c1S(=O)(=O)c1ccccc1. The van der Waals surface area contributed by atoms with Crippen LogP contribution in [0.2, 0.25) is 0 Å². The lowest BCUT2D eigenvalue weighted by atomic mass is 10.1. The normalized spacial score (nSPS) is 11.7. The second-order valence-electron chi connectivity index (χ2n) is 5.71. The maximum atomic E-state index is 13.3. The molecule has 4 aromatic rings. The number of rotatable bonds is 3. The monoisotopic (exact) mass is 366 g/mol. The summed E-state index contributed by atoms with van der Waals surface area (Å²) < 4.78 is 37.6. The van der Waals surface area contributed by atoms with Crippen molar-refractivity contribution in [2.24, 2.45) is 0 Å². The summed E-state index contributed by atoms with van der Waals surface area (Å²) >= 11 is 0. The summed E-state index contributed by atoms with van der Waals surface area (Å²) in [5, 5.41) is 0.310. The molecule has 0 spiro atoms. The minimum Gasteiger partial charge on any atom is -0.495 e. The van der Waals surface area contributed by atoms with Crippen LogP contribution < -0.4 is 10.2 Å². The molecule has 1 aromatic heterocycles.